The maximum Gasteiger partial charge on any atom is 0.101 e. The van der Waals surface area contributed by atoms with Crippen molar-refractivity contribution in [3.63, 3.8) is 0 Å². The van der Waals surface area contributed by atoms with E-state index >= 15 is 0 Å². The lowest BCUT2D eigenvalue weighted by Crippen LogP contribution is -2.22. The fourth-order valence-corrected chi connectivity index (χ4v) is 3.33. The summed E-state index contributed by atoms with van der Waals surface area (Å²) in [5.41, 5.74) is -0.732. The Bertz CT molecular complexity index is 426. The number of hydrogen-bond donors (Lipinski definition) is 1. The molecule has 1 unspecified atom stereocenters. The van der Waals surface area contributed by atoms with Crippen molar-refractivity contribution in [2.24, 2.45) is 0 Å². The van der Waals surface area contributed by atoms with Gasteiger partial charge in [0.05, 0.1) is 0 Å². The maximum absolute atomic E-state index is 10.4. The molecule has 0 aliphatic rings. The second-order valence-corrected chi connectivity index (χ2v) is 6.26. The first-order valence-electron chi connectivity index (χ1n) is 4.89. The van der Waals surface area contributed by atoms with E-state index in [2.05, 4.69) is 19.1 Å². The molecule has 80 valence electrons. The van der Waals surface area contributed by atoms with Crippen molar-refractivity contribution in [3.05, 3.63) is 44.3 Å². The first-order valence-corrected chi connectivity index (χ1v) is 6.59. The Morgan fingerprint density at radius 3 is 2.67 bits per heavy atom. The van der Waals surface area contributed by atoms with Crippen LogP contribution in [0.2, 0.25) is 0 Å². The second kappa shape index (κ2) is 4.08. The summed E-state index contributed by atoms with van der Waals surface area (Å²) in [7, 11) is 0. The van der Waals surface area contributed by atoms with E-state index in [1.807, 2.05) is 24.4 Å². The molecule has 3 heteroatoms. The lowest BCUT2D eigenvalue weighted by Gasteiger charge is -2.20. The topological polar surface area (TPSA) is 20.2 Å². The second-order valence-electron chi connectivity index (χ2n) is 3.94. The van der Waals surface area contributed by atoms with Gasteiger partial charge in [-0.25, -0.2) is 0 Å². The van der Waals surface area contributed by atoms with Crippen molar-refractivity contribution < 1.29 is 5.11 Å². The normalized spacial score (nSPS) is 15.1. The monoisotopic (exact) mass is 238 g/mol. The highest BCUT2D eigenvalue weighted by Gasteiger charge is 2.25. The van der Waals surface area contributed by atoms with Gasteiger partial charge in [-0.3, -0.25) is 0 Å². The van der Waals surface area contributed by atoms with Gasteiger partial charge in [0.25, 0.3) is 0 Å². The lowest BCUT2D eigenvalue weighted by molar-refractivity contribution is 0.0623. The Hall–Kier alpha value is -0.640. The van der Waals surface area contributed by atoms with Crippen molar-refractivity contribution >= 4 is 22.7 Å². The highest BCUT2D eigenvalue weighted by Crippen LogP contribution is 2.31. The van der Waals surface area contributed by atoms with Crippen LogP contribution in [0, 0.1) is 6.92 Å². The minimum Gasteiger partial charge on any atom is -0.384 e. The molecule has 0 aromatic carbocycles. The zero-order valence-electron chi connectivity index (χ0n) is 8.86. The van der Waals surface area contributed by atoms with Crippen LogP contribution in [0.5, 0.6) is 0 Å². The Labute approximate surface area is 98.0 Å². The number of rotatable bonds is 3. The molecule has 0 bridgehead atoms. The Morgan fingerprint density at radius 1 is 1.33 bits per heavy atom. The summed E-state index contributed by atoms with van der Waals surface area (Å²) in [6.07, 6.45) is 0.699. The van der Waals surface area contributed by atoms with E-state index < -0.39 is 5.60 Å². The quantitative estimate of drug-likeness (QED) is 0.866. The molecule has 0 aliphatic carbocycles. The third-order valence-corrected chi connectivity index (χ3v) is 4.50. The zero-order chi connectivity index (χ0) is 10.9. The average molecular weight is 238 g/mol. The molecule has 0 fully saturated rings. The molecular formula is C12H14OS2. The van der Waals surface area contributed by atoms with Gasteiger partial charge in [0.2, 0.25) is 0 Å². The van der Waals surface area contributed by atoms with Gasteiger partial charge in [0.15, 0.2) is 0 Å². The van der Waals surface area contributed by atoms with Crippen LogP contribution in [-0.4, -0.2) is 5.11 Å². The smallest absolute Gasteiger partial charge is 0.101 e. The molecule has 2 heterocycles. The van der Waals surface area contributed by atoms with Crippen LogP contribution in [0.4, 0.5) is 0 Å². The molecular weight excluding hydrogens is 224 g/mol. The molecule has 2 rings (SSSR count). The van der Waals surface area contributed by atoms with Crippen LogP contribution in [0.15, 0.2) is 29.6 Å². The fraction of sp³-hybridized carbons (Fsp3) is 0.333. The Kier molecular flexibility index (Phi) is 2.96. The third kappa shape index (κ3) is 2.48. The van der Waals surface area contributed by atoms with Crippen LogP contribution in [0.1, 0.15) is 21.6 Å². The highest BCUT2D eigenvalue weighted by molar-refractivity contribution is 7.12. The Balaban J connectivity index is 2.20. The molecule has 0 saturated heterocycles. The average Bonchev–Trinajstić information content (AvgIpc) is 2.75. The molecule has 2 aromatic heterocycles. The zero-order valence-corrected chi connectivity index (χ0v) is 10.5. The third-order valence-electron chi connectivity index (χ3n) is 2.37. The van der Waals surface area contributed by atoms with Gasteiger partial charge in [-0.05, 0) is 37.4 Å². The van der Waals surface area contributed by atoms with E-state index in [0.717, 1.165) is 4.88 Å². The minimum absolute atomic E-state index is 0.699. The molecule has 0 radical (unpaired) electrons. The van der Waals surface area contributed by atoms with E-state index in [1.54, 1.807) is 22.7 Å². The van der Waals surface area contributed by atoms with E-state index in [4.69, 9.17) is 0 Å². The van der Waals surface area contributed by atoms with Gasteiger partial charge < -0.3 is 5.11 Å². The van der Waals surface area contributed by atoms with Crippen LogP contribution < -0.4 is 0 Å². The fourth-order valence-electron chi connectivity index (χ4n) is 1.56. The van der Waals surface area contributed by atoms with Gasteiger partial charge >= 0.3 is 0 Å². The Morgan fingerprint density at radius 2 is 2.13 bits per heavy atom. The first kappa shape index (κ1) is 10.9. The maximum atomic E-state index is 10.4. The number of hydrogen-bond acceptors (Lipinski definition) is 3. The molecule has 2 aromatic rings. The predicted octanol–water partition coefficient (Wildman–Crippen LogP) is 3.57. The van der Waals surface area contributed by atoms with Crippen molar-refractivity contribution in [3.8, 4) is 0 Å². The van der Waals surface area contributed by atoms with Crippen molar-refractivity contribution in [2.45, 2.75) is 25.9 Å². The van der Waals surface area contributed by atoms with Gasteiger partial charge in [-0.2, -0.15) is 0 Å². The van der Waals surface area contributed by atoms with Gasteiger partial charge in [-0.1, -0.05) is 6.07 Å². The van der Waals surface area contributed by atoms with E-state index in [0.29, 0.717) is 6.42 Å². The SMILES string of the molecule is Cc1ccc(C(C)(O)Cc2cccs2)s1. The molecule has 0 amide bonds. The van der Waals surface area contributed by atoms with E-state index in [1.165, 1.54) is 9.75 Å². The molecule has 0 spiro atoms. The summed E-state index contributed by atoms with van der Waals surface area (Å²) in [4.78, 5) is 3.52. The molecule has 0 aliphatic heterocycles. The van der Waals surface area contributed by atoms with Gasteiger partial charge in [0.1, 0.15) is 5.60 Å². The van der Waals surface area contributed by atoms with Gasteiger partial charge in [0, 0.05) is 21.1 Å². The van der Waals surface area contributed by atoms with Crippen molar-refractivity contribution in [1.82, 2.24) is 0 Å². The standard InChI is InChI=1S/C12H14OS2/c1-9-5-6-11(15-9)12(2,13)8-10-4-3-7-14-10/h3-7,13H,8H2,1-2H3. The van der Waals surface area contributed by atoms with Crippen molar-refractivity contribution in [1.29, 1.82) is 0 Å². The largest absolute Gasteiger partial charge is 0.384 e. The minimum atomic E-state index is -0.732. The predicted molar refractivity (Wildman–Crippen MR) is 66.6 cm³/mol. The summed E-state index contributed by atoms with van der Waals surface area (Å²) >= 11 is 3.37. The van der Waals surface area contributed by atoms with Crippen LogP contribution in [0.3, 0.4) is 0 Å². The summed E-state index contributed by atoms with van der Waals surface area (Å²) in [5.74, 6) is 0. The molecule has 0 saturated carbocycles. The molecule has 15 heavy (non-hydrogen) atoms. The van der Waals surface area contributed by atoms with E-state index in [-0.39, 0.29) is 0 Å². The van der Waals surface area contributed by atoms with Crippen molar-refractivity contribution in [2.75, 3.05) is 0 Å². The van der Waals surface area contributed by atoms with Gasteiger partial charge in [-0.15, -0.1) is 22.7 Å². The lowest BCUT2D eigenvalue weighted by atomic mass is 9.99. The first-order chi connectivity index (χ1) is 7.08. The number of aliphatic hydroxyl groups is 1. The summed E-state index contributed by atoms with van der Waals surface area (Å²) in [6, 6.07) is 8.17. The van der Waals surface area contributed by atoms with Crippen LogP contribution >= 0.6 is 22.7 Å². The van der Waals surface area contributed by atoms with Crippen LogP contribution in [-0.2, 0) is 12.0 Å². The molecule has 1 N–H and O–H groups in total. The molecule has 1 atom stereocenters. The summed E-state index contributed by atoms with van der Waals surface area (Å²) < 4.78 is 0. The highest BCUT2D eigenvalue weighted by atomic mass is 32.1. The summed E-state index contributed by atoms with van der Waals surface area (Å²) in [5, 5.41) is 12.4. The number of aryl methyl sites for hydroxylation is 1. The molecule has 1 nitrogen and oxygen atoms in total. The van der Waals surface area contributed by atoms with Crippen LogP contribution in [0.25, 0.3) is 0 Å². The van der Waals surface area contributed by atoms with E-state index in [9.17, 15) is 5.11 Å². The number of thiophene rings is 2. The summed E-state index contributed by atoms with van der Waals surface area (Å²) in [6.45, 7) is 3.95.